The van der Waals surface area contributed by atoms with E-state index in [1.807, 2.05) is 37.3 Å². The number of nitro benzene ring substituents is 1. The van der Waals surface area contributed by atoms with Gasteiger partial charge in [-0.05, 0) is 37.6 Å². The Hall–Kier alpha value is -2.80. The first-order valence-corrected chi connectivity index (χ1v) is 6.59. The van der Waals surface area contributed by atoms with Crippen LogP contribution in [0.3, 0.4) is 0 Å². The third-order valence-corrected chi connectivity index (χ3v) is 3.34. The van der Waals surface area contributed by atoms with Crippen LogP contribution in [-0.2, 0) is 0 Å². The van der Waals surface area contributed by atoms with E-state index in [2.05, 4.69) is 11.2 Å². The highest BCUT2D eigenvalue weighted by Crippen LogP contribution is 2.25. The maximum Gasteiger partial charge on any atom is 0.272 e. The zero-order valence-electron chi connectivity index (χ0n) is 12.0. The van der Waals surface area contributed by atoms with Gasteiger partial charge in [0.15, 0.2) is 0 Å². The van der Waals surface area contributed by atoms with Crippen LogP contribution in [0.15, 0.2) is 42.5 Å². The van der Waals surface area contributed by atoms with Crippen molar-refractivity contribution in [3.05, 3.63) is 69.3 Å². The van der Waals surface area contributed by atoms with E-state index in [-0.39, 0.29) is 16.7 Å². The SMILES string of the molecule is C#Cc1cccc(NC(C)c2ccc(C)c([N+](=O)[O-])c2)c1. The van der Waals surface area contributed by atoms with Gasteiger partial charge >= 0.3 is 0 Å². The van der Waals surface area contributed by atoms with Gasteiger partial charge in [0.2, 0.25) is 0 Å². The third-order valence-electron chi connectivity index (χ3n) is 3.34. The molecule has 0 bridgehead atoms. The van der Waals surface area contributed by atoms with Crippen LogP contribution in [0.25, 0.3) is 0 Å². The Bertz CT molecular complexity index is 717. The second kappa shape index (κ2) is 6.10. The zero-order chi connectivity index (χ0) is 15.4. The molecule has 0 radical (unpaired) electrons. The molecule has 0 heterocycles. The van der Waals surface area contributed by atoms with E-state index in [1.54, 1.807) is 19.1 Å². The summed E-state index contributed by atoms with van der Waals surface area (Å²) in [6.07, 6.45) is 5.38. The maximum absolute atomic E-state index is 11.0. The topological polar surface area (TPSA) is 55.2 Å². The molecule has 2 aromatic rings. The third kappa shape index (κ3) is 3.40. The summed E-state index contributed by atoms with van der Waals surface area (Å²) in [5.74, 6) is 2.58. The molecule has 4 nitrogen and oxygen atoms in total. The quantitative estimate of drug-likeness (QED) is 0.522. The van der Waals surface area contributed by atoms with Crippen LogP contribution in [0, 0.1) is 29.4 Å². The number of benzene rings is 2. The average Bonchev–Trinajstić information content (AvgIpc) is 2.47. The van der Waals surface area contributed by atoms with Crippen LogP contribution in [0.1, 0.15) is 29.7 Å². The molecule has 1 atom stereocenters. The van der Waals surface area contributed by atoms with E-state index in [4.69, 9.17) is 6.42 Å². The molecule has 4 heteroatoms. The largest absolute Gasteiger partial charge is 0.378 e. The van der Waals surface area contributed by atoms with Gasteiger partial charge in [0.05, 0.1) is 4.92 Å². The minimum absolute atomic E-state index is 0.0580. The van der Waals surface area contributed by atoms with Crippen LogP contribution in [0.2, 0.25) is 0 Å². The van der Waals surface area contributed by atoms with Crippen molar-refractivity contribution in [2.75, 3.05) is 5.32 Å². The molecule has 2 rings (SSSR count). The molecule has 2 aromatic carbocycles. The van der Waals surface area contributed by atoms with Crippen molar-refractivity contribution in [2.24, 2.45) is 0 Å². The van der Waals surface area contributed by atoms with Crippen molar-refractivity contribution in [1.29, 1.82) is 0 Å². The monoisotopic (exact) mass is 280 g/mol. The summed E-state index contributed by atoms with van der Waals surface area (Å²) in [5, 5.41) is 14.3. The Kier molecular flexibility index (Phi) is 4.24. The van der Waals surface area contributed by atoms with E-state index in [0.717, 1.165) is 16.8 Å². The fraction of sp³-hybridized carbons (Fsp3) is 0.176. The van der Waals surface area contributed by atoms with Crippen molar-refractivity contribution in [3.8, 4) is 12.3 Å². The number of terminal acetylenes is 1. The van der Waals surface area contributed by atoms with Crippen LogP contribution in [0.4, 0.5) is 11.4 Å². The predicted molar refractivity (Wildman–Crippen MR) is 84.2 cm³/mol. The molecule has 1 N–H and O–H groups in total. The van der Waals surface area contributed by atoms with E-state index in [9.17, 15) is 10.1 Å². The van der Waals surface area contributed by atoms with Gasteiger partial charge in [-0.3, -0.25) is 10.1 Å². The van der Waals surface area contributed by atoms with Gasteiger partial charge < -0.3 is 5.32 Å². The first kappa shape index (κ1) is 14.6. The zero-order valence-corrected chi connectivity index (χ0v) is 12.0. The Morgan fingerprint density at radius 3 is 2.71 bits per heavy atom. The highest BCUT2D eigenvalue weighted by molar-refractivity contribution is 5.52. The van der Waals surface area contributed by atoms with Gasteiger partial charge in [0, 0.05) is 28.9 Å². The van der Waals surface area contributed by atoms with Crippen molar-refractivity contribution >= 4 is 11.4 Å². The highest BCUT2D eigenvalue weighted by atomic mass is 16.6. The summed E-state index contributed by atoms with van der Waals surface area (Å²) in [5.41, 5.74) is 3.34. The van der Waals surface area contributed by atoms with Gasteiger partial charge in [0.1, 0.15) is 0 Å². The van der Waals surface area contributed by atoms with Crippen LogP contribution in [-0.4, -0.2) is 4.92 Å². The smallest absolute Gasteiger partial charge is 0.272 e. The lowest BCUT2D eigenvalue weighted by atomic mass is 10.0. The van der Waals surface area contributed by atoms with Gasteiger partial charge in [-0.25, -0.2) is 0 Å². The molecule has 0 aromatic heterocycles. The van der Waals surface area contributed by atoms with E-state index >= 15 is 0 Å². The van der Waals surface area contributed by atoms with Crippen LogP contribution < -0.4 is 5.32 Å². The fourth-order valence-corrected chi connectivity index (χ4v) is 2.12. The number of rotatable bonds is 4. The van der Waals surface area contributed by atoms with Crippen molar-refractivity contribution in [3.63, 3.8) is 0 Å². The van der Waals surface area contributed by atoms with E-state index < -0.39 is 0 Å². The van der Waals surface area contributed by atoms with E-state index in [0.29, 0.717) is 5.56 Å². The minimum Gasteiger partial charge on any atom is -0.378 e. The Labute approximate surface area is 124 Å². The lowest BCUT2D eigenvalue weighted by molar-refractivity contribution is -0.385. The minimum atomic E-state index is -0.357. The lowest BCUT2D eigenvalue weighted by Crippen LogP contribution is -2.07. The van der Waals surface area contributed by atoms with Crippen LogP contribution in [0.5, 0.6) is 0 Å². The van der Waals surface area contributed by atoms with Crippen LogP contribution >= 0.6 is 0 Å². The maximum atomic E-state index is 11.0. The molecule has 0 amide bonds. The Morgan fingerprint density at radius 1 is 1.29 bits per heavy atom. The number of aryl methyl sites for hydroxylation is 1. The molecule has 0 saturated carbocycles. The lowest BCUT2D eigenvalue weighted by Gasteiger charge is -2.16. The molecule has 21 heavy (non-hydrogen) atoms. The number of hydrogen-bond donors (Lipinski definition) is 1. The molecule has 0 aliphatic rings. The molecule has 0 saturated heterocycles. The summed E-state index contributed by atoms with van der Waals surface area (Å²) < 4.78 is 0. The number of nitrogens with one attached hydrogen (secondary N) is 1. The van der Waals surface area contributed by atoms with Gasteiger partial charge in [-0.1, -0.05) is 24.1 Å². The summed E-state index contributed by atoms with van der Waals surface area (Å²) in [6, 6.07) is 12.7. The first-order valence-electron chi connectivity index (χ1n) is 6.59. The Balaban J connectivity index is 2.24. The molecule has 0 fully saturated rings. The molecular weight excluding hydrogens is 264 g/mol. The second-order valence-corrected chi connectivity index (χ2v) is 4.89. The normalized spacial score (nSPS) is 11.5. The number of nitrogens with zero attached hydrogens (tertiary/aromatic N) is 1. The summed E-state index contributed by atoms with van der Waals surface area (Å²) in [6.45, 7) is 3.69. The molecule has 0 spiro atoms. The average molecular weight is 280 g/mol. The Morgan fingerprint density at radius 2 is 2.05 bits per heavy atom. The summed E-state index contributed by atoms with van der Waals surface area (Å²) in [4.78, 5) is 10.6. The highest BCUT2D eigenvalue weighted by Gasteiger charge is 2.14. The number of anilines is 1. The first-order chi connectivity index (χ1) is 10.0. The van der Waals surface area contributed by atoms with Gasteiger partial charge in [-0.2, -0.15) is 0 Å². The van der Waals surface area contributed by atoms with Gasteiger partial charge in [-0.15, -0.1) is 6.42 Å². The fourth-order valence-electron chi connectivity index (χ4n) is 2.12. The standard InChI is InChI=1S/C17H16N2O2/c1-4-14-6-5-7-16(10-14)18-13(3)15-9-8-12(2)17(11-15)19(20)21/h1,5-11,13,18H,2-3H3. The summed E-state index contributed by atoms with van der Waals surface area (Å²) >= 11 is 0. The molecule has 1 unspecified atom stereocenters. The number of hydrogen-bond acceptors (Lipinski definition) is 3. The van der Waals surface area contributed by atoms with Crippen molar-refractivity contribution in [1.82, 2.24) is 0 Å². The second-order valence-electron chi connectivity index (χ2n) is 4.89. The molecule has 0 aliphatic carbocycles. The predicted octanol–water partition coefficient (Wildman–Crippen LogP) is 4.06. The summed E-state index contributed by atoms with van der Waals surface area (Å²) in [7, 11) is 0. The van der Waals surface area contributed by atoms with Crippen molar-refractivity contribution in [2.45, 2.75) is 19.9 Å². The van der Waals surface area contributed by atoms with E-state index in [1.165, 1.54) is 0 Å². The molecule has 0 aliphatic heterocycles. The molecular formula is C17H16N2O2. The number of nitro groups is 1. The van der Waals surface area contributed by atoms with Gasteiger partial charge in [0.25, 0.3) is 5.69 Å². The van der Waals surface area contributed by atoms with Crippen molar-refractivity contribution < 1.29 is 4.92 Å². The molecule has 106 valence electrons.